The fourth-order valence-electron chi connectivity index (χ4n) is 2.91. The molecule has 1 fully saturated rings. The molecule has 1 amide bonds. The Balaban J connectivity index is 1.95. The van der Waals surface area contributed by atoms with Crippen LogP contribution in [0.2, 0.25) is 0 Å². The SMILES string of the molecule is CC(NC1(C)CCS(=O)(=O)C1)C(=O)Nc1ccc(C(C)C)cc1. The number of carbonyl (C=O) groups is 1. The second-order valence-corrected chi connectivity index (χ2v) is 9.22. The zero-order valence-electron chi connectivity index (χ0n) is 14.2. The molecule has 1 heterocycles. The van der Waals surface area contributed by atoms with Gasteiger partial charge < -0.3 is 5.32 Å². The van der Waals surface area contributed by atoms with Gasteiger partial charge in [-0.15, -0.1) is 0 Å². The van der Waals surface area contributed by atoms with E-state index in [1.54, 1.807) is 6.92 Å². The van der Waals surface area contributed by atoms with E-state index in [2.05, 4.69) is 24.5 Å². The molecule has 128 valence electrons. The van der Waals surface area contributed by atoms with Gasteiger partial charge in [0.25, 0.3) is 0 Å². The molecule has 1 aromatic rings. The molecule has 2 unspecified atom stereocenters. The third-order valence-electron chi connectivity index (χ3n) is 4.31. The number of carbonyl (C=O) groups excluding carboxylic acids is 1. The molecule has 0 radical (unpaired) electrons. The highest BCUT2D eigenvalue weighted by Crippen LogP contribution is 2.23. The standard InChI is InChI=1S/C17H26N2O3S/c1-12(2)14-5-7-15(8-6-14)18-16(20)13(3)19-17(4)9-10-23(21,22)11-17/h5-8,12-13,19H,9-11H2,1-4H3,(H,18,20). The molecule has 0 spiro atoms. The minimum absolute atomic E-state index is 0.0840. The van der Waals surface area contributed by atoms with Gasteiger partial charge in [0.2, 0.25) is 5.91 Å². The summed E-state index contributed by atoms with van der Waals surface area (Å²) in [6.07, 6.45) is 0.538. The van der Waals surface area contributed by atoms with E-state index in [-0.39, 0.29) is 17.4 Å². The molecule has 0 saturated carbocycles. The summed E-state index contributed by atoms with van der Waals surface area (Å²) in [5.74, 6) is 0.555. The van der Waals surface area contributed by atoms with Crippen LogP contribution in [0, 0.1) is 0 Å². The number of hydrogen-bond acceptors (Lipinski definition) is 4. The number of nitrogens with one attached hydrogen (secondary N) is 2. The lowest BCUT2D eigenvalue weighted by molar-refractivity contribution is -0.118. The molecule has 2 rings (SSSR count). The van der Waals surface area contributed by atoms with Crippen molar-refractivity contribution in [3.63, 3.8) is 0 Å². The number of anilines is 1. The molecule has 1 aliphatic heterocycles. The Hall–Kier alpha value is -1.40. The van der Waals surface area contributed by atoms with Gasteiger partial charge >= 0.3 is 0 Å². The monoisotopic (exact) mass is 338 g/mol. The highest BCUT2D eigenvalue weighted by molar-refractivity contribution is 7.91. The molecule has 5 nitrogen and oxygen atoms in total. The van der Waals surface area contributed by atoms with Gasteiger partial charge in [-0.2, -0.15) is 0 Å². The van der Waals surface area contributed by atoms with Gasteiger partial charge in [-0.05, 0) is 43.9 Å². The highest BCUT2D eigenvalue weighted by Gasteiger charge is 2.39. The van der Waals surface area contributed by atoms with Crippen LogP contribution in [0.4, 0.5) is 5.69 Å². The van der Waals surface area contributed by atoms with Crippen molar-refractivity contribution in [2.24, 2.45) is 0 Å². The van der Waals surface area contributed by atoms with Crippen LogP contribution in [0.1, 0.15) is 45.6 Å². The van der Waals surface area contributed by atoms with Gasteiger partial charge in [0.05, 0.1) is 17.5 Å². The molecule has 23 heavy (non-hydrogen) atoms. The first kappa shape index (κ1) is 17.9. The van der Waals surface area contributed by atoms with E-state index in [0.717, 1.165) is 5.69 Å². The topological polar surface area (TPSA) is 75.3 Å². The van der Waals surface area contributed by atoms with Gasteiger partial charge in [0.15, 0.2) is 9.84 Å². The summed E-state index contributed by atoms with van der Waals surface area (Å²) in [7, 11) is -2.99. The average molecular weight is 338 g/mol. The van der Waals surface area contributed by atoms with E-state index in [1.807, 2.05) is 31.2 Å². The van der Waals surface area contributed by atoms with Gasteiger partial charge in [0, 0.05) is 11.2 Å². The Morgan fingerprint density at radius 2 is 1.78 bits per heavy atom. The van der Waals surface area contributed by atoms with Crippen LogP contribution in [-0.4, -0.2) is 37.4 Å². The zero-order chi connectivity index (χ0) is 17.3. The van der Waals surface area contributed by atoms with Crippen molar-refractivity contribution in [2.45, 2.75) is 51.6 Å². The lowest BCUT2D eigenvalue weighted by atomic mass is 10.0. The van der Waals surface area contributed by atoms with Crippen LogP contribution in [-0.2, 0) is 14.6 Å². The highest BCUT2D eigenvalue weighted by atomic mass is 32.2. The normalized spacial score (nSPS) is 24.6. The molecular formula is C17H26N2O3S. The molecule has 1 aromatic carbocycles. The minimum atomic E-state index is -2.99. The Bertz CT molecular complexity index is 668. The zero-order valence-corrected chi connectivity index (χ0v) is 15.0. The van der Waals surface area contributed by atoms with Crippen LogP contribution in [0.3, 0.4) is 0 Å². The lowest BCUT2D eigenvalue weighted by Crippen LogP contribution is -2.52. The maximum atomic E-state index is 12.3. The van der Waals surface area contributed by atoms with Crippen LogP contribution in [0.15, 0.2) is 24.3 Å². The molecule has 2 atom stereocenters. The first-order valence-corrected chi connectivity index (χ1v) is 9.81. The van der Waals surface area contributed by atoms with Crippen LogP contribution >= 0.6 is 0 Å². The molecule has 6 heteroatoms. The summed E-state index contributed by atoms with van der Waals surface area (Å²) in [5.41, 5.74) is 1.44. The van der Waals surface area contributed by atoms with Crippen molar-refractivity contribution >= 4 is 21.4 Å². The minimum Gasteiger partial charge on any atom is -0.325 e. The van der Waals surface area contributed by atoms with Gasteiger partial charge in [-0.25, -0.2) is 8.42 Å². The fraction of sp³-hybridized carbons (Fsp3) is 0.588. The largest absolute Gasteiger partial charge is 0.325 e. The summed E-state index contributed by atoms with van der Waals surface area (Å²) >= 11 is 0. The Morgan fingerprint density at radius 3 is 2.26 bits per heavy atom. The Morgan fingerprint density at radius 1 is 1.17 bits per heavy atom. The lowest BCUT2D eigenvalue weighted by Gasteiger charge is -2.28. The fourth-order valence-corrected chi connectivity index (χ4v) is 5.02. The number of benzene rings is 1. The molecule has 1 aliphatic rings. The summed E-state index contributed by atoms with van der Waals surface area (Å²) in [4.78, 5) is 12.3. The predicted octanol–water partition coefficient (Wildman–Crippen LogP) is 2.30. The van der Waals surface area contributed by atoms with Crippen molar-refractivity contribution in [1.82, 2.24) is 5.32 Å². The third kappa shape index (κ3) is 4.78. The Labute approximate surface area is 138 Å². The first-order chi connectivity index (χ1) is 10.6. The van der Waals surface area contributed by atoms with Gasteiger partial charge in [-0.3, -0.25) is 10.1 Å². The summed E-state index contributed by atoms with van der Waals surface area (Å²) < 4.78 is 23.3. The second kappa shape index (κ2) is 6.61. The molecule has 2 N–H and O–H groups in total. The second-order valence-electron chi connectivity index (χ2n) is 7.03. The smallest absolute Gasteiger partial charge is 0.241 e. The molecule has 0 aliphatic carbocycles. The number of sulfone groups is 1. The van der Waals surface area contributed by atoms with Crippen molar-refractivity contribution in [1.29, 1.82) is 0 Å². The van der Waals surface area contributed by atoms with E-state index < -0.39 is 21.4 Å². The van der Waals surface area contributed by atoms with E-state index in [9.17, 15) is 13.2 Å². The van der Waals surface area contributed by atoms with Gasteiger partial charge in [-0.1, -0.05) is 26.0 Å². The summed E-state index contributed by atoms with van der Waals surface area (Å²) in [5, 5.41) is 6.04. The van der Waals surface area contributed by atoms with Crippen LogP contribution in [0.25, 0.3) is 0 Å². The number of rotatable bonds is 5. The van der Waals surface area contributed by atoms with E-state index >= 15 is 0 Å². The maximum Gasteiger partial charge on any atom is 0.241 e. The van der Waals surface area contributed by atoms with Crippen LogP contribution < -0.4 is 10.6 Å². The van der Waals surface area contributed by atoms with Crippen molar-refractivity contribution in [3.8, 4) is 0 Å². The Kier molecular flexibility index (Phi) is 5.16. The van der Waals surface area contributed by atoms with Crippen molar-refractivity contribution in [2.75, 3.05) is 16.8 Å². The predicted molar refractivity (Wildman–Crippen MR) is 93.4 cm³/mol. The molecular weight excluding hydrogens is 312 g/mol. The van der Waals surface area contributed by atoms with Crippen molar-refractivity contribution < 1.29 is 13.2 Å². The van der Waals surface area contributed by atoms with Crippen molar-refractivity contribution in [3.05, 3.63) is 29.8 Å². The quantitative estimate of drug-likeness (QED) is 0.864. The van der Waals surface area contributed by atoms with E-state index in [0.29, 0.717) is 12.3 Å². The average Bonchev–Trinajstić information content (AvgIpc) is 2.72. The molecule has 0 bridgehead atoms. The summed E-state index contributed by atoms with van der Waals surface area (Å²) in [6, 6.07) is 7.33. The van der Waals surface area contributed by atoms with E-state index in [4.69, 9.17) is 0 Å². The summed E-state index contributed by atoms with van der Waals surface area (Å²) in [6.45, 7) is 7.86. The van der Waals surface area contributed by atoms with E-state index in [1.165, 1.54) is 5.56 Å². The van der Waals surface area contributed by atoms with Gasteiger partial charge in [0.1, 0.15) is 0 Å². The number of amides is 1. The number of hydrogen-bond donors (Lipinski definition) is 2. The molecule has 1 saturated heterocycles. The first-order valence-electron chi connectivity index (χ1n) is 7.99. The third-order valence-corrected chi connectivity index (χ3v) is 6.21. The van der Waals surface area contributed by atoms with Crippen LogP contribution in [0.5, 0.6) is 0 Å². The molecule has 0 aromatic heterocycles. The maximum absolute atomic E-state index is 12.3.